The van der Waals surface area contributed by atoms with E-state index in [-0.39, 0.29) is 17.3 Å². The Morgan fingerprint density at radius 3 is 2.65 bits per heavy atom. The predicted octanol–water partition coefficient (Wildman–Crippen LogP) is 2.29. The summed E-state index contributed by atoms with van der Waals surface area (Å²) in [4.78, 5) is 19.4. The van der Waals surface area contributed by atoms with Crippen molar-refractivity contribution >= 4 is 5.91 Å². The Hall–Kier alpha value is -1.43. The first kappa shape index (κ1) is 15.1. The minimum atomic E-state index is 0.0471. The lowest BCUT2D eigenvalue weighted by Gasteiger charge is -2.36. The first-order valence-corrected chi connectivity index (χ1v) is 8.85. The van der Waals surface area contributed by atoms with Crippen LogP contribution >= 0.6 is 0 Å². The lowest BCUT2D eigenvalue weighted by molar-refractivity contribution is -0.135. The maximum absolute atomic E-state index is 12.9. The molecule has 1 atom stereocenters. The van der Waals surface area contributed by atoms with Gasteiger partial charge in [0.1, 0.15) is 0 Å². The lowest BCUT2D eigenvalue weighted by atomic mass is 9.72. The first-order chi connectivity index (χ1) is 11.2. The predicted molar refractivity (Wildman–Crippen MR) is 82.8 cm³/mol. The van der Waals surface area contributed by atoms with Gasteiger partial charge in [-0.1, -0.05) is 18.0 Å². The van der Waals surface area contributed by atoms with Crippen LogP contribution in [0.3, 0.4) is 0 Å². The number of carbonyl (C=O) groups excluding carboxylic acids is 1. The van der Waals surface area contributed by atoms with E-state index in [2.05, 4.69) is 15.0 Å². The van der Waals surface area contributed by atoms with E-state index < -0.39 is 0 Å². The SMILES string of the molecule is Cc1noc([C@@H]2CN(C(=O)C3CCCC3)CC23CCOCC3)n1. The molecule has 0 unspecified atom stereocenters. The zero-order valence-corrected chi connectivity index (χ0v) is 13.8. The fourth-order valence-corrected chi connectivity index (χ4v) is 4.65. The molecule has 3 fully saturated rings. The molecule has 1 saturated carbocycles. The van der Waals surface area contributed by atoms with Gasteiger partial charge in [0.2, 0.25) is 11.8 Å². The number of ether oxygens (including phenoxy) is 1. The number of hydrogen-bond donors (Lipinski definition) is 0. The molecule has 4 rings (SSSR count). The highest BCUT2D eigenvalue weighted by molar-refractivity contribution is 5.79. The van der Waals surface area contributed by atoms with Crippen LogP contribution in [-0.2, 0) is 9.53 Å². The summed E-state index contributed by atoms with van der Waals surface area (Å²) in [5.74, 6) is 2.09. The van der Waals surface area contributed by atoms with Gasteiger partial charge in [-0.3, -0.25) is 4.79 Å². The summed E-state index contributed by atoms with van der Waals surface area (Å²) in [5.41, 5.74) is 0.0471. The van der Waals surface area contributed by atoms with Crippen LogP contribution in [0.15, 0.2) is 4.52 Å². The number of aromatic nitrogens is 2. The monoisotopic (exact) mass is 319 g/mol. The van der Waals surface area contributed by atoms with E-state index in [1.807, 2.05) is 6.92 Å². The highest BCUT2D eigenvalue weighted by atomic mass is 16.5. The number of likely N-dealkylation sites (tertiary alicyclic amines) is 1. The Kier molecular flexibility index (Phi) is 3.87. The zero-order valence-electron chi connectivity index (χ0n) is 13.8. The van der Waals surface area contributed by atoms with Crippen LogP contribution in [0.5, 0.6) is 0 Å². The molecule has 3 heterocycles. The Bertz CT molecular complexity index is 573. The molecule has 2 aliphatic heterocycles. The molecule has 2 saturated heterocycles. The summed E-state index contributed by atoms with van der Waals surface area (Å²) in [5, 5.41) is 3.97. The third kappa shape index (κ3) is 2.67. The molecule has 1 aromatic rings. The van der Waals surface area contributed by atoms with Crippen LogP contribution in [0.25, 0.3) is 0 Å². The maximum Gasteiger partial charge on any atom is 0.232 e. The Balaban J connectivity index is 1.59. The minimum Gasteiger partial charge on any atom is -0.381 e. The smallest absolute Gasteiger partial charge is 0.232 e. The summed E-state index contributed by atoms with van der Waals surface area (Å²) < 4.78 is 11.1. The number of nitrogens with zero attached hydrogens (tertiary/aromatic N) is 3. The van der Waals surface area contributed by atoms with E-state index in [4.69, 9.17) is 9.26 Å². The van der Waals surface area contributed by atoms with Crippen molar-refractivity contribution in [3.8, 4) is 0 Å². The van der Waals surface area contributed by atoms with E-state index in [1.165, 1.54) is 12.8 Å². The van der Waals surface area contributed by atoms with Crippen molar-refractivity contribution in [2.24, 2.45) is 11.3 Å². The second-order valence-corrected chi connectivity index (χ2v) is 7.41. The minimum absolute atomic E-state index is 0.0471. The molecule has 1 aromatic heterocycles. The largest absolute Gasteiger partial charge is 0.381 e. The van der Waals surface area contributed by atoms with Crippen LogP contribution in [0, 0.1) is 18.3 Å². The highest BCUT2D eigenvalue weighted by Crippen LogP contribution is 2.49. The average Bonchev–Trinajstić information content (AvgIpc) is 3.28. The van der Waals surface area contributed by atoms with Crippen molar-refractivity contribution in [3.05, 3.63) is 11.7 Å². The number of hydrogen-bond acceptors (Lipinski definition) is 5. The molecular formula is C17H25N3O3. The van der Waals surface area contributed by atoms with Gasteiger partial charge in [0, 0.05) is 37.6 Å². The van der Waals surface area contributed by atoms with Crippen LogP contribution in [0.4, 0.5) is 0 Å². The van der Waals surface area contributed by atoms with Crippen LogP contribution in [0.2, 0.25) is 0 Å². The topological polar surface area (TPSA) is 68.5 Å². The Morgan fingerprint density at radius 2 is 2.00 bits per heavy atom. The standard InChI is InChI=1S/C17H25N3O3/c1-12-18-15(23-19-12)14-10-20(16(21)13-4-2-3-5-13)11-17(14)6-8-22-9-7-17/h13-14H,2-11H2,1H3/t14-/m0/s1. The second kappa shape index (κ2) is 5.89. The van der Waals surface area contributed by atoms with Gasteiger partial charge < -0.3 is 14.2 Å². The summed E-state index contributed by atoms with van der Waals surface area (Å²) in [6.45, 7) is 4.90. The van der Waals surface area contributed by atoms with E-state index in [0.29, 0.717) is 17.6 Å². The van der Waals surface area contributed by atoms with E-state index in [0.717, 1.165) is 52.0 Å². The van der Waals surface area contributed by atoms with Gasteiger partial charge in [-0.05, 0) is 32.6 Å². The van der Waals surface area contributed by atoms with E-state index in [9.17, 15) is 4.79 Å². The molecule has 0 N–H and O–H groups in total. The summed E-state index contributed by atoms with van der Waals surface area (Å²) in [6, 6.07) is 0. The third-order valence-corrected chi connectivity index (χ3v) is 5.99. The molecule has 1 spiro atoms. The van der Waals surface area contributed by atoms with Crippen LogP contribution in [0.1, 0.15) is 56.2 Å². The molecule has 1 aliphatic carbocycles. The van der Waals surface area contributed by atoms with Crippen molar-refractivity contribution in [2.75, 3.05) is 26.3 Å². The zero-order chi connectivity index (χ0) is 15.9. The van der Waals surface area contributed by atoms with Gasteiger partial charge in [0.15, 0.2) is 5.82 Å². The van der Waals surface area contributed by atoms with Crippen molar-refractivity contribution in [1.82, 2.24) is 15.0 Å². The summed E-state index contributed by atoms with van der Waals surface area (Å²) in [6.07, 6.45) is 6.41. The molecule has 3 aliphatic rings. The second-order valence-electron chi connectivity index (χ2n) is 7.41. The van der Waals surface area contributed by atoms with Crippen LogP contribution in [-0.4, -0.2) is 47.3 Å². The molecule has 0 aromatic carbocycles. The third-order valence-electron chi connectivity index (χ3n) is 5.99. The van der Waals surface area contributed by atoms with E-state index in [1.54, 1.807) is 0 Å². The fourth-order valence-electron chi connectivity index (χ4n) is 4.65. The molecule has 0 radical (unpaired) electrons. The van der Waals surface area contributed by atoms with Gasteiger partial charge in [-0.25, -0.2) is 0 Å². The van der Waals surface area contributed by atoms with Crippen molar-refractivity contribution in [3.63, 3.8) is 0 Å². The first-order valence-electron chi connectivity index (χ1n) is 8.85. The number of rotatable bonds is 2. The van der Waals surface area contributed by atoms with E-state index >= 15 is 0 Å². The number of carbonyl (C=O) groups is 1. The quantitative estimate of drug-likeness (QED) is 0.836. The Morgan fingerprint density at radius 1 is 1.26 bits per heavy atom. The van der Waals surface area contributed by atoms with Gasteiger partial charge in [-0.15, -0.1) is 0 Å². The average molecular weight is 319 g/mol. The molecule has 6 heteroatoms. The van der Waals surface area contributed by atoms with Gasteiger partial charge in [0.25, 0.3) is 0 Å². The van der Waals surface area contributed by atoms with Gasteiger partial charge in [-0.2, -0.15) is 4.98 Å². The molecule has 23 heavy (non-hydrogen) atoms. The van der Waals surface area contributed by atoms with Gasteiger partial charge in [0.05, 0.1) is 5.92 Å². The Labute approximate surface area is 136 Å². The number of amides is 1. The van der Waals surface area contributed by atoms with Gasteiger partial charge >= 0.3 is 0 Å². The molecule has 1 amide bonds. The lowest BCUT2D eigenvalue weighted by Crippen LogP contribution is -2.38. The molecular weight excluding hydrogens is 294 g/mol. The molecule has 0 bridgehead atoms. The van der Waals surface area contributed by atoms with Crippen molar-refractivity contribution in [2.45, 2.75) is 51.4 Å². The maximum atomic E-state index is 12.9. The summed E-state index contributed by atoms with van der Waals surface area (Å²) in [7, 11) is 0. The number of aryl methyl sites for hydroxylation is 1. The van der Waals surface area contributed by atoms with Crippen molar-refractivity contribution < 1.29 is 14.1 Å². The fraction of sp³-hybridized carbons (Fsp3) is 0.824. The molecule has 6 nitrogen and oxygen atoms in total. The highest BCUT2D eigenvalue weighted by Gasteiger charge is 2.52. The normalized spacial score (nSPS) is 27.9. The van der Waals surface area contributed by atoms with Crippen molar-refractivity contribution in [1.29, 1.82) is 0 Å². The van der Waals surface area contributed by atoms with Crippen LogP contribution < -0.4 is 0 Å². The summed E-state index contributed by atoms with van der Waals surface area (Å²) >= 11 is 0. The molecule has 126 valence electrons.